The van der Waals surface area contributed by atoms with Crippen molar-refractivity contribution in [2.75, 3.05) is 17.3 Å². The lowest BCUT2D eigenvalue weighted by Crippen LogP contribution is -2.41. The number of carbonyl (C=O) groups is 3. The zero-order valence-electron chi connectivity index (χ0n) is 19.9. The monoisotopic (exact) mass is 490 g/mol. The van der Waals surface area contributed by atoms with Crippen molar-refractivity contribution in [3.05, 3.63) is 89.5 Å². The van der Waals surface area contributed by atoms with Crippen LogP contribution in [0.15, 0.2) is 72.8 Å². The number of benzene rings is 3. The minimum absolute atomic E-state index is 0.121. The van der Waals surface area contributed by atoms with E-state index >= 15 is 0 Å². The smallest absolute Gasteiger partial charge is 0.326 e. The van der Waals surface area contributed by atoms with Crippen molar-refractivity contribution in [2.24, 2.45) is 0 Å². The zero-order chi connectivity index (χ0) is 25.2. The van der Waals surface area contributed by atoms with Crippen molar-refractivity contribution in [3.8, 4) is 11.1 Å². The Morgan fingerprint density at radius 3 is 2.34 bits per heavy atom. The SMILES string of the molecule is CSCC[C@H](NC(=O)c1ccc(NC(=O)CCc2ccccc2)cc1-c1ccccc1C)C(=O)O. The fourth-order valence-electron chi connectivity index (χ4n) is 3.77. The molecular weight excluding hydrogens is 460 g/mol. The molecule has 3 N–H and O–H groups in total. The molecule has 0 aliphatic carbocycles. The van der Waals surface area contributed by atoms with E-state index in [0.717, 1.165) is 16.7 Å². The highest BCUT2D eigenvalue weighted by atomic mass is 32.2. The zero-order valence-corrected chi connectivity index (χ0v) is 20.7. The van der Waals surface area contributed by atoms with Gasteiger partial charge in [0.1, 0.15) is 6.04 Å². The number of carboxylic acids is 1. The van der Waals surface area contributed by atoms with Crippen molar-refractivity contribution < 1.29 is 19.5 Å². The first-order valence-electron chi connectivity index (χ1n) is 11.5. The van der Waals surface area contributed by atoms with Crippen LogP contribution in [0.25, 0.3) is 11.1 Å². The molecule has 0 unspecified atom stereocenters. The average Bonchev–Trinajstić information content (AvgIpc) is 2.86. The first-order valence-corrected chi connectivity index (χ1v) is 12.8. The van der Waals surface area contributed by atoms with Crippen molar-refractivity contribution in [1.82, 2.24) is 5.32 Å². The maximum Gasteiger partial charge on any atom is 0.326 e. The van der Waals surface area contributed by atoms with Gasteiger partial charge in [0.05, 0.1) is 0 Å². The number of thioether (sulfide) groups is 1. The van der Waals surface area contributed by atoms with E-state index in [1.807, 2.05) is 67.8 Å². The molecule has 3 aromatic rings. The summed E-state index contributed by atoms with van der Waals surface area (Å²) in [6, 6.07) is 21.6. The molecule has 1 atom stereocenters. The van der Waals surface area contributed by atoms with Gasteiger partial charge >= 0.3 is 5.97 Å². The Kier molecular flexibility index (Phi) is 9.49. The number of anilines is 1. The lowest BCUT2D eigenvalue weighted by Gasteiger charge is -2.18. The molecule has 0 aromatic heterocycles. The van der Waals surface area contributed by atoms with Crippen LogP contribution in [0.2, 0.25) is 0 Å². The molecule has 0 fully saturated rings. The van der Waals surface area contributed by atoms with Gasteiger partial charge in [0, 0.05) is 17.7 Å². The van der Waals surface area contributed by atoms with Gasteiger partial charge in [0.2, 0.25) is 5.91 Å². The van der Waals surface area contributed by atoms with Crippen molar-refractivity contribution in [1.29, 1.82) is 0 Å². The fraction of sp³-hybridized carbons (Fsp3) is 0.250. The van der Waals surface area contributed by atoms with E-state index in [1.165, 1.54) is 11.8 Å². The molecule has 6 nitrogen and oxygen atoms in total. The highest BCUT2D eigenvalue weighted by Crippen LogP contribution is 2.30. The number of amides is 2. The van der Waals surface area contributed by atoms with Gasteiger partial charge in [-0.15, -0.1) is 0 Å². The van der Waals surface area contributed by atoms with Crippen LogP contribution in [0, 0.1) is 6.92 Å². The van der Waals surface area contributed by atoms with Crippen LogP contribution < -0.4 is 10.6 Å². The first-order chi connectivity index (χ1) is 16.9. The highest BCUT2D eigenvalue weighted by molar-refractivity contribution is 7.98. The van der Waals surface area contributed by atoms with Gasteiger partial charge < -0.3 is 15.7 Å². The van der Waals surface area contributed by atoms with Crippen LogP contribution in [-0.4, -0.2) is 40.9 Å². The lowest BCUT2D eigenvalue weighted by atomic mass is 9.94. The molecule has 7 heteroatoms. The number of hydrogen-bond donors (Lipinski definition) is 3. The van der Waals surface area contributed by atoms with Gasteiger partial charge in [-0.2, -0.15) is 11.8 Å². The quantitative estimate of drug-likeness (QED) is 0.345. The molecule has 3 rings (SSSR count). The Balaban J connectivity index is 1.84. The Bertz CT molecular complexity index is 1180. The predicted octanol–water partition coefficient (Wildman–Crippen LogP) is 5.17. The van der Waals surface area contributed by atoms with Gasteiger partial charge in [0.25, 0.3) is 5.91 Å². The number of aliphatic carboxylic acids is 1. The summed E-state index contributed by atoms with van der Waals surface area (Å²) in [4.78, 5) is 37.4. The standard InChI is InChI=1S/C28H30N2O4S/c1-19-8-6-7-11-22(19)24-18-21(29-26(31)15-12-20-9-4-3-5-10-20)13-14-23(24)27(32)30-25(28(33)34)16-17-35-2/h3-11,13-14,18,25H,12,15-17H2,1-2H3,(H,29,31)(H,30,32)(H,33,34)/t25-/m0/s1. The Morgan fingerprint density at radius 2 is 1.66 bits per heavy atom. The predicted molar refractivity (Wildman–Crippen MR) is 142 cm³/mol. The molecule has 0 aliphatic rings. The lowest BCUT2D eigenvalue weighted by molar-refractivity contribution is -0.139. The maximum atomic E-state index is 13.2. The molecule has 0 heterocycles. The van der Waals surface area contributed by atoms with Crippen LogP contribution in [-0.2, 0) is 16.0 Å². The molecule has 0 bridgehead atoms. The van der Waals surface area contributed by atoms with Gasteiger partial charge in [0.15, 0.2) is 0 Å². The molecule has 2 amide bonds. The third kappa shape index (κ3) is 7.45. The van der Waals surface area contributed by atoms with Crippen molar-refractivity contribution in [2.45, 2.75) is 32.2 Å². The van der Waals surface area contributed by atoms with E-state index in [4.69, 9.17) is 0 Å². The van der Waals surface area contributed by atoms with E-state index in [9.17, 15) is 19.5 Å². The second-order valence-corrected chi connectivity index (χ2v) is 9.24. The largest absolute Gasteiger partial charge is 0.480 e. The van der Waals surface area contributed by atoms with E-state index in [0.29, 0.717) is 41.8 Å². The molecule has 0 aliphatic heterocycles. The van der Waals surface area contributed by atoms with Gasteiger partial charge in [-0.05, 0) is 72.2 Å². The maximum absolute atomic E-state index is 13.2. The highest BCUT2D eigenvalue weighted by Gasteiger charge is 2.23. The molecule has 0 spiro atoms. The van der Waals surface area contributed by atoms with Gasteiger partial charge in [-0.3, -0.25) is 9.59 Å². The Labute approximate surface area is 210 Å². The van der Waals surface area contributed by atoms with Gasteiger partial charge in [-0.25, -0.2) is 4.79 Å². The van der Waals surface area contributed by atoms with Crippen LogP contribution >= 0.6 is 11.8 Å². The Hall–Kier alpha value is -3.58. The molecular formula is C28H30N2O4S. The summed E-state index contributed by atoms with van der Waals surface area (Å²) < 4.78 is 0. The summed E-state index contributed by atoms with van der Waals surface area (Å²) in [7, 11) is 0. The topological polar surface area (TPSA) is 95.5 Å². The number of aryl methyl sites for hydroxylation is 2. The summed E-state index contributed by atoms with van der Waals surface area (Å²) >= 11 is 1.53. The van der Waals surface area contributed by atoms with E-state index in [1.54, 1.807) is 18.2 Å². The minimum atomic E-state index is -1.06. The summed E-state index contributed by atoms with van der Waals surface area (Å²) in [5.74, 6) is -1.02. The summed E-state index contributed by atoms with van der Waals surface area (Å²) in [6.45, 7) is 1.95. The van der Waals surface area contributed by atoms with Crippen LogP contribution in [0.3, 0.4) is 0 Å². The third-order valence-electron chi connectivity index (χ3n) is 5.68. The third-order valence-corrected chi connectivity index (χ3v) is 6.32. The van der Waals surface area contributed by atoms with E-state index in [-0.39, 0.29) is 5.91 Å². The van der Waals surface area contributed by atoms with Crippen LogP contribution in [0.4, 0.5) is 5.69 Å². The minimum Gasteiger partial charge on any atom is -0.480 e. The van der Waals surface area contributed by atoms with Gasteiger partial charge in [-0.1, -0.05) is 54.6 Å². The molecule has 0 radical (unpaired) electrons. The normalized spacial score (nSPS) is 11.5. The number of rotatable bonds is 11. The summed E-state index contributed by atoms with van der Waals surface area (Å²) in [5, 5.41) is 15.1. The molecule has 35 heavy (non-hydrogen) atoms. The second-order valence-electron chi connectivity index (χ2n) is 8.25. The Morgan fingerprint density at radius 1 is 0.943 bits per heavy atom. The molecule has 0 saturated carbocycles. The number of carbonyl (C=O) groups excluding carboxylic acids is 2. The fourth-order valence-corrected chi connectivity index (χ4v) is 4.24. The number of hydrogen-bond acceptors (Lipinski definition) is 4. The molecule has 3 aromatic carbocycles. The summed E-state index contributed by atoms with van der Waals surface area (Å²) in [5.41, 5.74) is 4.47. The second kappa shape index (κ2) is 12.8. The van der Waals surface area contributed by atoms with E-state index in [2.05, 4.69) is 10.6 Å². The summed E-state index contributed by atoms with van der Waals surface area (Å²) in [6.07, 6.45) is 3.19. The first kappa shape index (κ1) is 26.0. The number of carboxylic acid groups (broad SMARTS) is 1. The molecule has 182 valence electrons. The van der Waals surface area contributed by atoms with Crippen molar-refractivity contribution >= 4 is 35.2 Å². The van der Waals surface area contributed by atoms with Crippen LogP contribution in [0.1, 0.15) is 34.3 Å². The van der Waals surface area contributed by atoms with Crippen LogP contribution in [0.5, 0.6) is 0 Å². The number of nitrogens with one attached hydrogen (secondary N) is 2. The average molecular weight is 491 g/mol. The molecule has 0 saturated heterocycles. The van der Waals surface area contributed by atoms with E-state index < -0.39 is 17.9 Å². The van der Waals surface area contributed by atoms with Crippen molar-refractivity contribution in [3.63, 3.8) is 0 Å².